The molecular formula is C13H22N2O3S. The van der Waals surface area contributed by atoms with E-state index in [0.717, 1.165) is 12.8 Å². The van der Waals surface area contributed by atoms with Gasteiger partial charge in [-0.1, -0.05) is 6.08 Å². The summed E-state index contributed by atoms with van der Waals surface area (Å²) in [6, 6.07) is -0.0841. The highest BCUT2D eigenvalue weighted by atomic mass is 32.2. The Balaban J connectivity index is 2.07. The second-order valence-corrected chi connectivity index (χ2v) is 7.83. The SMILES string of the molecule is C=CCN(C(=O)C1CCC(N)C1)C1CCS(=O)(=O)C1. The van der Waals surface area contributed by atoms with Gasteiger partial charge in [0.05, 0.1) is 11.5 Å². The summed E-state index contributed by atoms with van der Waals surface area (Å²) in [5.41, 5.74) is 5.85. The summed E-state index contributed by atoms with van der Waals surface area (Å²) in [6.07, 6.45) is 4.61. The van der Waals surface area contributed by atoms with Crippen LogP contribution in [0.3, 0.4) is 0 Å². The molecule has 5 nitrogen and oxygen atoms in total. The molecule has 3 unspecified atom stereocenters. The second kappa shape index (κ2) is 5.63. The number of carbonyl (C=O) groups excluding carboxylic acids is 1. The summed E-state index contributed by atoms with van der Waals surface area (Å²) in [4.78, 5) is 14.2. The van der Waals surface area contributed by atoms with Crippen LogP contribution in [-0.4, -0.2) is 49.4 Å². The Bertz CT molecular complexity index is 461. The van der Waals surface area contributed by atoms with Gasteiger partial charge in [0.25, 0.3) is 0 Å². The molecule has 108 valence electrons. The lowest BCUT2D eigenvalue weighted by atomic mass is 10.0. The van der Waals surface area contributed by atoms with Crippen LogP contribution in [0.2, 0.25) is 0 Å². The van der Waals surface area contributed by atoms with Crippen LogP contribution in [0.4, 0.5) is 0 Å². The highest BCUT2D eigenvalue weighted by Crippen LogP contribution is 2.28. The average molecular weight is 286 g/mol. The van der Waals surface area contributed by atoms with E-state index in [0.29, 0.717) is 19.4 Å². The van der Waals surface area contributed by atoms with Crippen molar-refractivity contribution in [3.63, 3.8) is 0 Å². The molecule has 0 bridgehead atoms. The first-order valence-electron chi connectivity index (χ1n) is 6.80. The lowest BCUT2D eigenvalue weighted by Crippen LogP contribution is -2.44. The average Bonchev–Trinajstić information content (AvgIpc) is 2.91. The fourth-order valence-electron chi connectivity index (χ4n) is 3.05. The summed E-state index contributed by atoms with van der Waals surface area (Å²) in [5, 5.41) is 0. The summed E-state index contributed by atoms with van der Waals surface area (Å²) < 4.78 is 23.1. The Hall–Kier alpha value is -0.880. The summed E-state index contributed by atoms with van der Waals surface area (Å²) in [5.74, 6) is 0.280. The van der Waals surface area contributed by atoms with Crippen LogP contribution in [-0.2, 0) is 14.6 Å². The van der Waals surface area contributed by atoms with Gasteiger partial charge >= 0.3 is 0 Å². The van der Waals surface area contributed by atoms with E-state index in [4.69, 9.17) is 5.73 Å². The predicted molar refractivity (Wildman–Crippen MR) is 74.3 cm³/mol. The van der Waals surface area contributed by atoms with Crippen molar-refractivity contribution >= 4 is 15.7 Å². The van der Waals surface area contributed by atoms with Crippen molar-refractivity contribution < 1.29 is 13.2 Å². The van der Waals surface area contributed by atoms with Crippen LogP contribution in [0.5, 0.6) is 0 Å². The van der Waals surface area contributed by atoms with Crippen molar-refractivity contribution in [3.8, 4) is 0 Å². The Morgan fingerprint density at radius 2 is 2.11 bits per heavy atom. The van der Waals surface area contributed by atoms with Gasteiger partial charge in [0.15, 0.2) is 9.84 Å². The van der Waals surface area contributed by atoms with Crippen LogP contribution in [0.1, 0.15) is 25.7 Å². The number of amides is 1. The molecule has 1 saturated carbocycles. The molecule has 1 amide bonds. The molecule has 1 heterocycles. The maximum atomic E-state index is 12.5. The van der Waals surface area contributed by atoms with Gasteiger partial charge < -0.3 is 10.6 Å². The molecule has 0 radical (unpaired) electrons. The van der Waals surface area contributed by atoms with Crippen LogP contribution >= 0.6 is 0 Å². The maximum absolute atomic E-state index is 12.5. The second-order valence-electron chi connectivity index (χ2n) is 5.61. The highest BCUT2D eigenvalue weighted by Gasteiger charge is 2.38. The number of hydrogen-bond acceptors (Lipinski definition) is 4. The van der Waals surface area contributed by atoms with Crippen LogP contribution in [0.15, 0.2) is 12.7 Å². The third kappa shape index (κ3) is 3.36. The Labute approximate surface area is 114 Å². The summed E-state index contributed by atoms with van der Waals surface area (Å²) in [6.45, 7) is 4.09. The molecule has 0 aromatic rings. The largest absolute Gasteiger partial charge is 0.335 e. The topological polar surface area (TPSA) is 80.5 Å². The van der Waals surface area contributed by atoms with E-state index in [1.807, 2.05) is 0 Å². The van der Waals surface area contributed by atoms with Crippen LogP contribution < -0.4 is 5.73 Å². The van der Waals surface area contributed by atoms with E-state index in [1.54, 1.807) is 11.0 Å². The van der Waals surface area contributed by atoms with Gasteiger partial charge in [-0.15, -0.1) is 6.58 Å². The fourth-order valence-corrected chi connectivity index (χ4v) is 4.79. The minimum absolute atomic E-state index is 0.0433. The lowest BCUT2D eigenvalue weighted by Gasteiger charge is -2.29. The molecule has 0 aromatic heterocycles. The minimum Gasteiger partial charge on any atom is -0.335 e. The Kier molecular flexibility index (Phi) is 4.30. The van der Waals surface area contributed by atoms with Crippen molar-refractivity contribution in [1.29, 1.82) is 0 Å². The van der Waals surface area contributed by atoms with Gasteiger partial charge in [-0.05, 0) is 25.7 Å². The molecule has 2 N–H and O–H groups in total. The maximum Gasteiger partial charge on any atom is 0.226 e. The van der Waals surface area contributed by atoms with Gasteiger partial charge in [-0.2, -0.15) is 0 Å². The molecule has 2 aliphatic rings. The minimum atomic E-state index is -2.98. The molecule has 3 atom stereocenters. The van der Waals surface area contributed by atoms with Crippen molar-refractivity contribution in [3.05, 3.63) is 12.7 Å². The van der Waals surface area contributed by atoms with E-state index < -0.39 is 9.84 Å². The third-order valence-electron chi connectivity index (χ3n) is 4.08. The first-order valence-corrected chi connectivity index (χ1v) is 8.62. The van der Waals surface area contributed by atoms with Crippen molar-refractivity contribution in [1.82, 2.24) is 4.90 Å². The van der Waals surface area contributed by atoms with Gasteiger partial charge in [-0.3, -0.25) is 4.79 Å². The zero-order chi connectivity index (χ0) is 14.0. The molecule has 0 spiro atoms. The molecule has 1 saturated heterocycles. The van der Waals surface area contributed by atoms with Crippen LogP contribution in [0, 0.1) is 5.92 Å². The molecule has 6 heteroatoms. The smallest absolute Gasteiger partial charge is 0.226 e. The third-order valence-corrected chi connectivity index (χ3v) is 5.83. The Morgan fingerprint density at radius 3 is 2.58 bits per heavy atom. The highest BCUT2D eigenvalue weighted by molar-refractivity contribution is 7.91. The molecule has 1 aliphatic heterocycles. The molecule has 0 aromatic carbocycles. The fraction of sp³-hybridized carbons (Fsp3) is 0.769. The molecule has 19 heavy (non-hydrogen) atoms. The number of carbonyl (C=O) groups is 1. The molecule has 1 aliphatic carbocycles. The number of rotatable bonds is 4. The van der Waals surface area contributed by atoms with Crippen molar-refractivity contribution in [2.24, 2.45) is 11.7 Å². The van der Waals surface area contributed by atoms with Crippen molar-refractivity contribution in [2.75, 3.05) is 18.1 Å². The lowest BCUT2D eigenvalue weighted by molar-refractivity contribution is -0.136. The molecule has 2 fully saturated rings. The van der Waals surface area contributed by atoms with Gasteiger partial charge in [0.1, 0.15) is 0 Å². The standard InChI is InChI=1S/C13H22N2O3S/c1-2-6-15(12-5-7-19(17,18)9-12)13(16)10-3-4-11(14)8-10/h2,10-12H,1,3-9,14H2. The van der Waals surface area contributed by atoms with E-state index in [2.05, 4.69) is 6.58 Å². The number of nitrogens with two attached hydrogens (primary N) is 1. The van der Waals surface area contributed by atoms with Gasteiger partial charge in [-0.25, -0.2) is 8.42 Å². The summed E-state index contributed by atoms with van der Waals surface area (Å²) in [7, 11) is -2.98. The predicted octanol–water partition coefficient (Wildman–Crippen LogP) is 0.316. The first-order chi connectivity index (χ1) is 8.93. The summed E-state index contributed by atoms with van der Waals surface area (Å²) >= 11 is 0. The van der Waals surface area contributed by atoms with Crippen LogP contribution in [0.25, 0.3) is 0 Å². The van der Waals surface area contributed by atoms with E-state index in [9.17, 15) is 13.2 Å². The van der Waals surface area contributed by atoms with E-state index in [-0.39, 0.29) is 35.4 Å². The van der Waals surface area contributed by atoms with E-state index >= 15 is 0 Å². The number of sulfone groups is 1. The zero-order valence-electron chi connectivity index (χ0n) is 11.1. The van der Waals surface area contributed by atoms with Gasteiger partial charge in [0.2, 0.25) is 5.91 Å². The monoisotopic (exact) mass is 286 g/mol. The normalized spacial score (nSPS) is 33.2. The zero-order valence-corrected chi connectivity index (χ0v) is 11.9. The number of nitrogens with zero attached hydrogens (tertiary/aromatic N) is 1. The number of hydrogen-bond donors (Lipinski definition) is 1. The Morgan fingerprint density at radius 1 is 1.37 bits per heavy atom. The van der Waals surface area contributed by atoms with Crippen molar-refractivity contribution in [2.45, 2.75) is 37.8 Å². The quantitative estimate of drug-likeness (QED) is 0.755. The first kappa shape index (κ1) is 14.5. The molecular weight excluding hydrogens is 264 g/mol. The van der Waals surface area contributed by atoms with E-state index in [1.165, 1.54) is 0 Å². The molecule has 2 rings (SSSR count). The van der Waals surface area contributed by atoms with Gasteiger partial charge in [0, 0.05) is 24.5 Å².